The average Bonchev–Trinajstić information content (AvgIpc) is 2.98. The smallest absolute Gasteiger partial charge is 0.367 e. The highest BCUT2D eigenvalue weighted by atomic mass is 32.1. The summed E-state index contributed by atoms with van der Waals surface area (Å²) < 4.78 is 5.04. The summed E-state index contributed by atoms with van der Waals surface area (Å²) in [7, 11) is 0. The van der Waals surface area contributed by atoms with Crippen LogP contribution in [0, 0.1) is 5.92 Å². The Labute approximate surface area is 167 Å². The summed E-state index contributed by atoms with van der Waals surface area (Å²) in [6.45, 7) is 16.5. The number of fused-ring (bicyclic) bond motifs is 1. The Kier molecular flexibility index (Phi) is 8.96. The molecule has 0 saturated carbocycles. The Balaban J connectivity index is 0.00000163. The second kappa shape index (κ2) is 10.2. The number of hydrogen-bond acceptors (Lipinski definition) is 5. The van der Waals surface area contributed by atoms with Crippen LogP contribution in [0.1, 0.15) is 75.3 Å². The molecule has 0 spiro atoms. The number of carbonyl (C=O) groups is 1. The van der Waals surface area contributed by atoms with Gasteiger partial charge in [-0.1, -0.05) is 27.7 Å². The van der Waals surface area contributed by atoms with Crippen molar-refractivity contribution >= 4 is 34.6 Å². The number of ether oxygens (including phenoxy) is 1. The van der Waals surface area contributed by atoms with Gasteiger partial charge in [-0.15, -0.1) is 11.3 Å². The first-order valence-electron chi connectivity index (χ1n) is 9.44. The van der Waals surface area contributed by atoms with Crippen LogP contribution < -0.4 is 5.32 Å². The number of thiazole rings is 1. The van der Waals surface area contributed by atoms with Gasteiger partial charge in [0.2, 0.25) is 5.01 Å². The van der Waals surface area contributed by atoms with Crippen molar-refractivity contribution in [1.82, 2.24) is 15.2 Å². The third kappa shape index (κ3) is 6.50. The van der Waals surface area contributed by atoms with Crippen molar-refractivity contribution in [3.05, 3.63) is 15.6 Å². The van der Waals surface area contributed by atoms with Crippen molar-refractivity contribution in [2.75, 3.05) is 13.2 Å². The topological polar surface area (TPSA) is 54.5 Å². The molecule has 0 radical (unpaired) electrons. The highest BCUT2D eigenvalue weighted by Gasteiger charge is 2.27. The standard InChI is InChI=1S/C17H27N3O2S2.C2H6/c1-6-22-15(21)14-18-12-7-8-20(10-13(12)24-14)16(23)19-17(4,5)9-11(2)3;1-2/h11H,6-10H2,1-5H3,(H,19,23);1-2H3. The van der Waals surface area contributed by atoms with Crippen molar-refractivity contribution < 1.29 is 9.53 Å². The SMILES string of the molecule is CC.CCOC(=O)c1nc2c(s1)CN(C(=S)NC(C)(C)CC(C)C)CC2. The highest BCUT2D eigenvalue weighted by molar-refractivity contribution is 7.80. The zero-order valence-electron chi connectivity index (χ0n) is 17.1. The fourth-order valence-electron chi connectivity index (χ4n) is 3.09. The molecule has 1 aliphatic rings. The fraction of sp³-hybridized carbons (Fsp3) is 0.737. The maximum atomic E-state index is 11.8. The molecule has 1 aromatic rings. The van der Waals surface area contributed by atoms with Crippen molar-refractivity contribution in [3.63, 3.8) is 0 Å². The molecule has 0 atom stereocenters. The molecule has 2 rings (SSSR count). The predicted molar refractivity (Wildman–Crippen MR) is 113 cm³/mol. The van der Waals surface area contributed by atoms with Gasteiger partial charge in [0, 0.05) is 23.4 Å². The Morgan fingerprint density at radius 3 is 2.65 bits per heavy atom. The Hall–Kier alpha value is -1.21. The van der Waals surface area contributed by atoms with E-state index in [1.807, 2.05) is 13.8 Å². The first-order chi connectivity index (χ1) is 12.2. The van der Waals surface area contributed by atoms with E-state index in [9.17, 15) is 4.79 Å². The molecule has 2 heterocycles. The van der Waals surface area contributed by atoms with Crippen molar-refractivity contribution in [1.29, 1.82) is 0 Å². The molecule has 0 fully saturated rings. The molecule has 0 unspecified atom stereocenters. The number of nitrogens with zero attached hydrogens (tertiary/aromatic N) is 2. The second-order valence-electron chi connectivity index (χ2n) is 7.19. The van der Waals surface area contributed by atoms with E-state index in [0.29, 0.717) is 24.1 Å². The molecule has 1 aliphatic heterocycles. The van der Waals surface area contributed by atoms with Crippen LogP contribution in [-0.4, -0.2) is 39.7 Å². The maximum Gasteiger partial charge on any atom is 0.367 e. The average molecular weight is 400 g/mol. The van der Waals surface area contributed by atoms with E-state index < -0.39 is 0 Å². The number of esters is 1. The van der Waals surface area contributed by atoms with Crippen LogP contribution in [0.25, 0.3) is 0 Å². The van der Waals surface area contributed by atoms with Crippen LogP contribution in [0.5, 0.6) is 0 Å². The first-order valence-corrected chi connectivity index (χ1v) is 10.7. The minimum atomic E-state index is -0.331. The van der Waals surface area contributed by atoms with Gasteiger partial charge in [0.05, 0.1) is 18.8 Å². The van der Waals surface area contributed by atoms with E-state index >= 15 is 0 Å². The minimum absolute atomic E-state index is 0.0324. The lowest BCUT2D eigenvalue weighted by Gasteiger charge is -2.35. The van der Waals surface area contributed by atoms with Crippen LogP contribution in [0.3, 0.4) is 0 Å². The molecule has 0 amide bonds. The van der Waals surface area contributed by atoms with E-state index in [0.717, 1.165) is 35.1 Å². The summed E-state index contributed by atoms with van der Waals surface area (Å²) in [6, 6.07) is 0. The molecule has 1 N–H and O–H groups in total. The van der Waals surface area contributed by atoms with Crippen LogP contribution in [0.15, 0.2) is 0 Å². The minimum Gasteiger partial charge on any atom is -0.461 e. The Morgan fingerprint density at radius 1 is 1.42 bits per heavy atom. The van der Waals surface area contributed by atoms with Gasteiger partial charge < -0.3 is 15.0 Å². The molecule has 0 bridgehead atoms. The number of hydrogen-bond donors (Lipinski definition) is 1. The Bertz CT molecular complexity index is 612. The van der Waals surface area contributed by atoms with Gasteiger partial charge in [-0.2, -0.15) is 0 Å². The lowest BCUT2D eigenvalue weighted by molar-refractivity contribution is 0.0525. The summed E-state index contributed by atoms with van der Waals surface area (Å²) in [5.74, 6) is 0.277. The quantitative estimate of drug-likeness (QED) is 0.585. The fourth-order valence-corrected chi connectivity index (χ4v) is 4.54. The summed E-state index contributed by atoms with van der Waals surface area (Å²) in [5.41, 5.74) is 0.971. The van der Waals surface area contributed by atoms with Gasteiger partial charge in [0.15, 0.2) is 5.11 Å². The third-order valence-electron chi connectivity index (χ3n) is 3.83. The predicted octanol–water partition coefficient (Wildman–Crippen LogP) is 4.40. The molecule has 7 heteroatoms. The molecule has 1 aromatic heterocycles. The normalized spacial score (nSPS) is 13.6. The number of aromatic nitrogens is 1. The van der Waals surface area contributed by atoms with Crippen LogP contribution >= 0.6 is 23.6 Å². The van der Waals surface area contributed by atoms with Crippen molar-refractivity contribution in [3.8, 4) is 0 Å². The van der Waals surface area contributed by atoms with Gasteiger partial charge >= 0.3 is 5.97 Å². The molecule has 26 heavy (non-hydrogen) atoms. The van der Waals surface area contributed by atoms with Gasteiger partial charge in [0.1, 0.15) is 0 Å². The zero-order chi connectivity index (χ0) is 19.9. The maximum absolute atomic E-state index is 11.8. The summed E-state index contributed by atoms with van der Waals surface area (Å²) >= 11 is 7.03. The molecule has 5 nitrogen and oxygen atoms in total. The van der Waals surface area contributed by atoms with Crippen LogP contribution in [0.4, 0.5) is 0 Å². The van der Waals surface area contributed by atoms with Crippen LogP contribution in [0.2, 0.25) is 0 Å². The number of carbonyl (C=O) groups excluding carboxylic acids is 1. The molecule has 0 aliphatic carbocycles. The lowest BCUT2D eigenvalue weighted by atomic mass is 9.93. The molecule has 148 valence electrons. The summed E-state index contributed by atoms with van der Waals surface area (Å²) in [4.78, 5) is 19.5. The summed E-state index contributed by atoms with van der Waals surface area (Å²) in [5, 5.41) is 4.71. The molecular formula is C19H33N3O2S2. The Morgan fingerprint density at radius 2 is 2.08 bits per heavy atom. The number of rotatable bonds is 5. The lowest BCUT2D eigenvalue weighted by Crippen LogP contribution is -2.51. The number of thiocarbonyl (C=S) groups is 1. The van der Waals surface area contributed by atoms with Gasteiger partial charge in [0.25, 0.3) is 0 Å². The van der Waals surface area contributed by atoms with E-state index in [4.69, 9.17) is 17.0 Å². The molecule has 0 saturated heterocycles. The van der Waals surface area contributed by atoms with Crippen molar-refractivity contribution in [2.24, 2.45) is 5.92 Å². The van der Waals surface area contributed by atoms with E-state index in [-0.39, 0.29) is 11.5 Å². The van der Waals surface area contributed by atoms with Gasteiger partial charge in [-0.3, -0.25) is 0 Å². The van der Waals surface area contributed by atoms with E-state index in [2.05, 4.69) is 42.9 Å². The van der Waals surface area contributed by atoms with E-state index in [1.165, 1.54) is 11.3 Å². The molecule has 0 aromatic carbocycles. The third-order valence-corrected chi connectivity index (χ3v) is 5.26. The van der Waals surface area contributed by atoms with Crippen LogP contribution in [-0.2, 0) is 17.7 Å². The zero-order valence-corrected chi connectivity index (χ0v) is 18.8. The van der Waals surface area contributed by atoms with Crippen molar-refractivity contribution in [2.45, 2.75) is 73.4 Å². The second-order valence-corrected chi connectivity index (χ2v) is 8.66. The summed E-state index contributed by atoms with van der Waals surface area (Å²) in [6.07, 6.45) is 1.86. The largest absolute Gasteiger partial charge is 0.461 e. The monoisotopic (exact) mass is 399 g/mol. The highest BCUT2D eigenvalue weighted by Crippen LogP contribution is 2.26. The first kappa shape index (κ1) is 22.8. The van der Waals surface area contributed by atoms with Gasteiger partial charge in [-0.05, 0) is 45.3 Å². The van der Waals surface area contributed by atoms with E-state index in [1.54, 1.807) is 6.92 Å². The van der Waals surface area contributed by atoms with Gasteiger partial charge in [-0.25, -0.2) is 9.78 Å². The number of nitrogens with one attached hydrogen (secondary N) is 1. The molecular weight excluding hydrogens is 366 g/mol.